The largest absolute Gasteiger partial charge is 0.339 e. The van der Waals surface area contributed by atoms with Crippen molar-refractivity contribution in [2.75, 3.05) is 7.05 Å². The molecule has 0 spiro atoms. The molecule has 0 aromatic carbocycles. The Morgan fingerprint density at radius 2 is 2.29 bits per heavy atom. The van der Waals surface area contributed by atoms with Crippen molar-refractivity contribution in [3.63, 3.8) is 0 Å². The highest BCUT2D eigenvalue weighted by Crippen LogP contribution is 2.16. The molecule has 0 aliphatic carbocycles. The molecule has 2 heterocycles. The standard InChI is InChI=1S/C11H13BrN4O/c1-7(13-2)5-10-15-11(16-17-10)9-4-3-8(12)6-14-9/h3-4,6-7,13H,5H2,1-2H3. The van der Waals surface area contributed by atoms with Crippen LogP contribution in [0.4, 0.5) is 0 Å². The molecule has 0 saturated carbocycles. The number of hydrogen-bond acceptors (Lipinski definition) is 5. The maximum atomic E-state index is 5.17. The predicted molar refractivity (Wildman–Crippen MR) is 67.5 cm³/mol. The van der Waals surface area contributed by atoms with Crippen LogP contribution in [0, 0.1) is 0 Å². The van der Waals surface area contributed by atoms with Gasteiger partial charge in [0.15, 0.2) is 0 Å². The quantitative estimate of drug-likeness (QED) is 0.935. The number of likely N-dealkylation sites (N-methyl/N-ethyl adjacent to an activating group) is 1. The van der Waals surface area contributed by atoms with Crippen molar-refractivity contribution in [1.29, 1.82) is 0 Å². The topological polar surface area (TPSA) is 63.8 Å². The zero-order valence-electron chi connectivity index (χ0n) is 9.64. The van der Waals surface area contributed by atoms with E-state index in [4.69, 9.17) is 4.52 Å². The lowest BCUT2D eigenvalue weighted by Crippen LogP contribution is -2.23. The first-order chi connectivity index (χ1) is 8.19. The number of aromatic nitrogens is 3. The summed E-state index contributed by atoms with van der Waals surface area (Å²) in [5, 5.41) is 7.03. The van der Waals surface area contributed by atoms with Crippen LogP contribution in [0.1, 0.15) is 12.8 Å². The Morgan fingerprint density at radius 3 is 2.94 bits per heavy atom. The normalized spacial score (nSPS) is 12.6. The molecule has 1 atom stereocenters. The fourth-order valence-corrected chi connectivity index (χ4v) is 1.55. The third-order valence-corrected chi connectivity index (χ3v) is 2.87. The number of nitrogens with zero attached hydrogens (tertiary/aromatic N) is 3. The SMILES string of the molecule is CNC(C)Cc1nc(-c2ccc(Br)cn2)no1. The summed E-state index contributed by atoms with van der Waals surface area (Å²) in [5.74, 6) is 1.14. The molecule has 90 valence electrons. The van der Waals surface area contributed by atoms with E-state index in [-0.39, 0.29) is 0 Å². The van der Waals surface area contributed by atoms with Gasteiger partial charge in [-0.2, -0.15) is 4.98 Å². The predicted octanol–water partition coefficient (Wildman–Crippen LogP) is 2.04. The maximum absolute atomic E-state index is 5.17. The van der Waals surface area contributed by atoms with E-state index >= 15 is 0 Å². The first-order valence-corrected chi connectivity index (χ1v) is 6.10. The van der Waals surface area contributed by atoms with E-state index in [1.165, 1.54) is 0 Å². The van der Waals surface area contributed by atoms with Gasteiger partial charge in [-0.15, -0.1) is 0 Å². The second-order valence-electron chi connectivity index (χ2n) is 3.77. The molecule has 17 heavy (non-hydrogen) atoms. The van der Waals surface area contributed by atoms with Gasteiger partial charge in [0.25, 0.3) is 0 Å². The molecule has 2 rings (SSSR count). The van der Waals surface area contributed by atoms with Gasteiger partial charge in [-0.1, -0.05) is 5.16 Å². The maximum Gasteiger partial charge on any atom is 0.228 e. The molecule has 0 amide bonds. The molecule has 1 N–H and O–H groups in total. The number of rotatable bonds is 4. The van der Waals surface area contributed by atoms with Crippen LogP contribution in [0.2, 0.25) is 0 Å². The molecule has 2 aromatic rings. The molecule has 0 radical (unpaired) electrons. The van der Waals surface area contributed by atoms with Crippen LogP contribution in [-0.4, -0.2) is 28.2 Å². The molecule has 1 unspecified atom stereocenters. The molecule has 5 nitrogen and oxygen atoms in total. The molecule has 6 heteroatoms. The Labute approximate surface area is 108 Å². The zero-order valence-corrected chi connectivity index (χ0v) is 11.2. The van der Waals surface area contributed by atoms with Crippen LogP contribution in [0.3, 0.4) is 0 Å². The lowest BCUT2D eigenvalue weighted by Gasteiger charge is -2.04. The van der Waals surface area contributed by atoms with Crippen molar-refractivity contribution < 1.29 is 4.52 Å². The van der Waals surface area contributed by atoms with Crippen molar-refractivity contribution >= 4 is 15.9 Å². The average Bonchev–Trinajstić information content (AvgIpc) is 2.78. The van der Waals surface area contributed by atoms with Crippen molar-refractivity contribution in [2.24, 2.45) is 0 Å². The van der Waals surface area contributed by atoms with Gasteiger partial charge < -0.3 is 9.84 Å². The number of nitrogens with one attached hydrogen (secondary N) is 1. The smallest absolute Gasteiger partial charge is 0.228 e. The molecule has 0 aliphatic rings. The highest BCUT2D eigenvalue weighted by molar-refractivity contribution is 9.10. The molecular formula is C11H13BrN4O. The van der Waals surface area contributed by atoms with Crippen LogP contribution < -0.4 is 5.32 Å². The lowest BCUT2D eigenvalue weighted by molar-refractivity contribution is 0.365. The summed E-state index contributed by atoms with van der Waals surface area (Å²) in [6.45, 7) is 2.06. The van der Waals surface area contributed by atoms with Gasteiger partial charge in [0, 0.05) is 23.1 Å². The number of halogens is 1. The third kappa shape index (κ3) is 3.10. The van der Waals surface area contributed by atoms with Crippen molar-refractivity contribution in [2.45, 2.75) is 19.4 Å². The molecule has 0 aliphatic heterocycles. The minimum atomic E-state index is 0.307. The summed E-state index contributed by atoms with van der Waals surface area (Å²) in [4.78, 5) is 8.52. The molecule has 0 saturated heterocycles. The van der Waals surface area contributed by atoms with E-state index in [1.807, 2.05) is 19.2 Å². The Kier molecular flexibility index (Phi) is 3.86. The van der Waals surface area contributed by atoms with Gasteiger partial charge >= 0.3 is 0 Å². The van der Waals surface area contributed by atoms with Crippen molar-refractivity contribution in [1.82, 2.24) is 20.4 Å². The summed E-state index contributed by atoms with van der Waals surface area (Å²) in [6.07, 6.45) is 2.42. The summed E-state index contributed by atoms with van der Waals surface area (Å²) < 4.78 is 6.09. The zero-order chi connectivity index (χ0) is 12.3. The number of pyridine rings is 1. The summed E-state index contributed by atoms with van der Waals surface area (Å²) in [5.41, 5.74) is 0.709. The van der Waals surface area contributed by atoms with Crippen LogP contribution in [-0.2, 0) is 6.42 Å². The van der Waals surface area contributed by atoms with Gasteiger partial charge in [0.05, 0.1) is 0 Å². The van der Waals surface area contributed by atoms with E-state index in [2.05, 4.69) is 43.3 Å². The van der Waals surface area contributed by atoms with Crippen LogP contribution in [0.5, 0.6) is 0 Å². The highest BCUT2D eigenvalue weighted by atomic mass is 79.9. The second-order valence-corrected chi connectivity index (χ2v) is 4.68. The van der Waals surface area contributed by atoms with Gasteiger partial charge in [-0.25, -0.2) is 0 Å². The van der Waals surface area contributed by atoms with E-state index < -0.39 is 0 Å². The highest BCUT2D eigenvalue weighted by Gasteiger charge is 2.11. The van der Waals surface area contributed by atoms with Crippen molar-refractivity contribution in [3.05, 3.63) is 28.7 Å². The average molecular weight is 297 g/mol. The minimum absolute atomic E-state index is 0.307. The first-order valence-electron chi connectivity index (χ1n) is 5.31. The fourth-order valence-electron chi connectivity index (χ4n) is 1.31. The van der Waals surface area contributed by atoms with Gasteiger partial charge in [-0.05, 0) is 42.0 Å². The van der Waals surface area contributed by atoms with E-state index in [1.54, 1.807) is 6.20 Å². The first kappa shape index (κ1) is 12.2. The Bertz CT molecular complexity index is 482. The Balaban J connectivity index is 2.15. The van der Waals surface area contributed by atoms with E-state index in [0.717, 1.165) is 4.47 Å². The summed E-state index contributed by atoms with van der Waals surface area (Å²) >= 11 is 3.33. The number of hydrogen-bond donors (Lipinski definition) is 1. The summed E-state index contributed by atoms with van der Waals surface area (Å²) in [7, 11) is 1.90. The van der Waals surface area contributed by atoms with Crippen LogP contribution in [0.25, 0.3) is 11.5 Å². The Hall–Kier alpha value is -1.27. The fraction of sp³-hybridized carbons (Fsp3) is 0.364. The van der Waals surface area contributed by atoms with Gasteiger partial charge in [-0.3, -0.25) is 4.98 Å². The van der Waals surface area contributed by atoms with Crippen LogP contribution >= 0.6 is 15.9 Å². The molecular weight excluding hydrogens is 284 g/mol. The molecule has 0 fully saturated rings. The van der Waals surface area contributed by atoms with Gasteiger partial charge in [0.2, 0.25) is 11.7 Å². The monoisotopic (exact) mass is 296 g/mol. The van der Waals surface area contributed by atoms with Gasteiger partial charge in [0.1, 0.15) is 5.69 Å². The lowest BCUT2D eigenvalue weighted by atomic mass is 10.2. The second kappa shape index (κ2) is 5.37. The molecule has 0 bridgehead atoms. The minimum Gasteiger partial charge on any atom is -0.339 e. The van der Waals surface area contributed by atoms with Crippen LogP contribution in [0.15, 0.2) is 27.3 Å². The van der Waals surface area contributed by atoms with E-state index in [9.17, 15) is 0 Å². The van der Waals surface area contributed by atoms with Crippen molar-refractivity contribution in [3.8, 4) is 11.5 Å². The van der Waals surface area contributed by atoms with E-state index in [0.29, 0.717) is 29.9 Å². The third-order valence-electron chi connectivity index (χ3n) is 2.40. The molecule has 2 aromatic heterocycles. The Morgan fingerprint density at radius 1 is 1.47 bits per heavy atom. The summed E-state index contributed by atoms with van der Waals surface area (Å²) in [6, 6.07) is 4.05.